The number of hydrogen-bond acceptors (Lipinski definition) is 5. The molecule has 1 rings (SSSR count). The molecule has 1 heterocycles. The average molecular weight is 286 g/mol. The molecule has 20 heavy (non-hydrogen) atoms. The monoisotopic (exact) mass is 286 g/mol. The van der Waals surface area contributed by atoms with Gasteiger partial charge in [0.15, 0.2) is 0 Å². The fourth-order valence-electron chi connectivity index (χ4n) is 2.01. The van der Waals surface area contributed by atoms with E-state index in [0.717, 1.165) is 12.8 Å². The summed E-state index contributed by atoms with van der Waals surface area (Å²) >= 11 is 0. The van der Waals surface area contributed by atoms with E-state index in [1.165, 1.54) is 4.90 Å². The smallest absolute Gasteiger partial charge is 0.410 e. The zero-order valence-corrected chi connectivity index (χ0v) is 13.1. The van der Waals surface area contributed by atoms with Crippen molar-refractivity contribution in [1.29, 1.82) is 0 Å². The van der Waals surface area contributed by atoms with Gasteiger partial charge in [0.1, 0.15) is 11.9 Å². The summed E-state index contributed by atoms with van der Waals surface area (Å²) in [5, 5.41) is 0. The summed E-state index contributed by atoms with van der Waals surface area (Å²) < 4.78 is 11.0. The number of nitrogens with zero attached hydrogens (tertiary/aromatic N) is 2. The van der Waals surface area contributed by atoms with Crippen LogP contribution in [-0.4, -0.2) is 73.7 Å². The summed E-state index contributed by atoms with van der Waals surface area (Å²) in [4.78, 5) is 26.6. The molecule has 6 heteroatoms. The maximum Gasteiger partial charge on any atom is 0.410 e. The first-order valence-corrected chi connectivity index (χ1v) is 6.94. The van der Waals surface area contributed by atoms with Gasteiger partial charge in [-0.1, -0.05) is 0 Å². The molecule has 0 radical (unpaired) electrons. The topological polar surface area (TPSA) is 59.1 Å². The highest BCUT2D eigenvalue weighted by molar-refractivity contribution is 5.74. The van der Waals surface area contributed by atoms with Crippen LogP contribution in [0.25, 0.3) is 0 Å². The van der Waals surface area contributed by atoms with Crippen molar-refractivity contribution in [1.82, 2.24) is 9.80 Å². The minimum absolute atomic E-state index is 0.0994. The Hall–Kier alpha value is -1.14. The summed E-state index contributed by atoms with van der Waals surface area (Å²) in [5.41, 5.74) is -0.561. The van der Waals surface area contributed by atoms with Gasteiger partial charge in [0.05, 0.1) is 25.3 Å². The van der Waals surface area contributed by atoms with Crippen LogP contribution in [0.3, 0.4) is 0 Å². The summed E-state index contributed by atoms with van der Waals surface area (Å²) in [5.74, 6) is 0. The lowest BCUT2D eigenvalue weighted by Gasteiger charge is -2.26. The molecule has 1 amide bonds. The van der Waals surface area contributed by atoms with Crippen LogP contribution in [-0.2, 0) is 14.3 Å². The minimum Gasteiger partial charge on any atom is -0.444 e. The van der Waals surface area contributed by atoms with E-state index in [1.807, 2.05) is 39.8 Å². The molecule has 1 aliphatic rings. The van der Waals surface area contributed by atoms with Crippen molar-refractivity contribution in [2.45, 2.75) is 44.9 Å². The van der Waals surface area contributed by atoms with Crippen molar-refractivity contribution in [3.63, 3.8) is 0 Å². The van der Waals surface area contributed by atoms with Crippen LogP contribution < -0.4 is 0 Å². The number of rotatable bonds is 5. The molecule has 116 valence electrons. The molecule has 1 fully saturated rings. The number of aldehydes is 1. The normalized spacial score (nSPS) is 23.2. The van der Waals surface area contributed by atoms with Crippen molar-refractivity contribution in [2.24, 2.45) is 0 Å². The van der Waals surface area contributed by atoms with Gasteiger partial charge in [-0.25, -0.2) is 4.79 Å². The van der Waals surface area contributed by atoms with E-state index in [9.17, 15) is 9.59 Å². The standard InChI is InChI=1S/C14H26N2O4/c1-14(2,3)20-13(18)16-9-12(8-11(16)10-17)19-7-6-15(4)5/h10-12H,6-9H2,1-5H3/t11-,12+/m0/s1. The average Bonchev–Trinajstić information content (AvgIpc) is 2.69. The first-order chi connectivity index (χ1) is 9.23. The second kappa shape index (κ2) is 7.04. The van der Waals surface area contributed by atoms with Crippen LogP contribution in [0.15, 0.2) is 0 Å². The number of likely N-dealkylation sites (tertiary alicyclic amines) is 1. The third kappa shape index (κ3) is 5.46. The van der Waals surface area contributed by atoms with Crippen LogP contribution in [0.1, 0.15) is 27.2 Å². The van der Waals surface area contributed by atoms with Gasteiger partial charge < -0.3 is 19.2 Å². The Morgan fingerprint density at radius 3 is 2.55 bits per heavy atom. The van der Waals surface area contributed by atoms with E-state index in [0.29, 0.717) is 19.6 Å². The lowest BCUT2D eigenvalue weighted by Crippen LogP contribution is -2.40. The minimum atomic E-state index is -0.561. The third-order valence-electron chi connectivity index (χ3n) is 2.98. The molecule has 0 unspecified atom stereocenters. The fourth-order valence-corrected chi connectivity index (χ4v) is 2.01. The lowest BCUT2D eigenvalue weighted by molar-refractivity contribution is -0.111. The van der Waals surface area contributed by atoms with Gasteiger partial charge in [-0.05, 0) is 34.9 Å². The van der Waals surface area contributed by atoms with Gasteiger partial charge >= 0.3 is 6.09 Å². The quantitative estimate of drug-likeness (QED) is 0.709. The SMILES string of the molecule is CN(C)CCO[C@@H]1C[C@@H](C=O)N(C(=O)OC(C)(C)C)C1. The molecule has 0 spiro atoms. The van der Waals surface area contributed by atoms with Gasteiger partial charge in [-0.3, -0.25) is 4.90 Å². The second-order valence-corrected chi connectivity index (χ2v) is 6.37. The number of hydrogen-bond donors (Lipinski definition) is 0. The zero-order chi connectivity index (χ0) is 15.3. The summed E-state index contributed by atoms with van der Waals surface area (Å²) in [6.45, 7) is 7.23. The van der Waals surface area contributed by atoms with Gasteiger partial charge in [0.2, 0.25) is 0 Å². The highest BCUT2D eigenvalue weighted by atomic mass is 16.6. The van der Waals surface area contributed by atoms with Crippen molar-refractivity contribution >= 4 is 12.4 Å². The van der Waals surface area contributed by atoms with E-state index in [4.69, 9.17) is 9.47 Å². The zero-order valence-electron chi connectivity index (χ0n) is 13.1. The van der Waals surface area contributed by atoms with Gasteiger partial charge in [0, 0.05) is 13.0 Å². The molecule has 0 N–H and O–H groups in total. The van der Waals surface area contributed by atoms with E-state index < -0.39 is 17.7 Å². The Labute approximate surface area is 121 Å². The maximum absolute atomic E-state index is 12.0. The first kappa shape index (κ1) is 16.9. The highest BCUT2D eigenvalue weighted by Crippen LogP contribution is 2.22. The van der Waals surface area contributed by atoms with Crippen molar-refractivity contribution in [2.75, 3.05) is 33.8 Å². The molecule has 0 aromatic heterocycles. The Morgan fingerprint density at radius 1 is 1.40 bits per heavy atom. The lowest BCUT2D eigenvalue weighted by atomic mass is 10.2. The third-order valence-corrected chi connectivity index (χ3v) is 2.98. The molecule has 0 bridgehead atoms. The molecule has 0 aromatic rings. The van der Waals surface area contributed by atoms with E-state index in [2.05, 4.69) is 0 Å². The number of ether oxygens (including phenoxy) is 2. The molecular weight excluding hydrogens is 260 g/mol. The second-order valence-electron chi connectivity index (χ2n) is 6.37. The molecule has 0 aromatic carbocycles. The molecule has 0 saturated carbocycles. The predicted octanol–water partition coefficient (Wildman–Crippen LogP) is 1.14. The van der Waals surface area contributed by atoms with Crippen molar-refractivity contribution < 1.29 is 19.1 Å². The highest BCUT2D eigenvalue weighted by Gasteiger charge is 2.37. The largest absolute Gasteiger partial charge is 0.444 e. The Kier molecular flexibility index (Phi) is 5.95. The number of carbonyl (C=O) groups excluding carboxylic acids is 2. The molecule has 6 nitrogen and oxygen atoms in total. The van der Waals surface area contributed by atoms with E-state index >= 15 is 0 Å². The van der Waals surface area contributed by atoms with E-state index in [1.54, 1.807) is 0 Å². The Morgan fingerprint density at radius 2 is 2.05 bits per heavy atom. The summed E-state index contributed by atoms with van der Waals surface area (Å²) in [6.07, 6.45) is 0.779. The predicted molar refractivity (Wildman–Crippen MR) is 75.7 cm³/mol. The molecule has 0 aliphatic carbocycles. The molecule has 2 atom stereocenters. The van der Waals surface area contributed by atoms with Gasteiger partial charge in [0.25, 0.3) is 0 Å². The van der Waals surface area contributed by atoms with Gasteiger partial charge in [-0.2, -0.15) is 0 Å². The molecule has 1 saturated heterocycles. The first-order valence-electron chi connectivity index (χ1n) is 6.94. The summed E-state index contributed by atoms with van der Waals surface area (Å²) in [6, 6.07) is -0.450. The van der Waals surface area contributed by atoms with Crippen molar-refractivity contribution in [3.05, 3.63) is 0 Å². The van der Waals surface area contributed by atoms with Crippen LogP contribution in [0, 0.1) is 0 Å². The number of likely N-dealkylation sites (N-methyl/N-ethyl adjacent to an activating group) is 1. The van der Waals surface area contributed by atoms with Crippen molar-refractivity contribution in [3.8, 4) is 0 Å². The van der Waals surface area contributed by atoms with Crippen LogP contribution in [0.4, 0.5) is 4.79 Å². The van der Waals surface area contributed by atoms with E-state index in [-0.39, 0.29) is 6.10 Å². The molecule has 1 aliphatic heterocycles. The number of carbonyl (C=O) groups is 2. The van der Waals surface area contributed by atoms with Crippen LogP contribution >= 0.6 is 0 Å². The maximum atomic E-state index is 12.0. The molecular formula is C14H26N2O4. The Balaban J connectivity index is 2.51. The number of amides is 1. The van der Waals surface area contributed by atoms with Crippen LogP contribution in [0.5, 0.6) is 0 Å². The summed E-state index contributed by atoms with van der Waals surface area (Å²) in [7, 11) is 3.94. The Bertz CT molecular complexity index is 339. The van der Waals surface area contributed by atoms with Crippen LogP contribution in [0.2, 0.25) is 0 Å². The fraction of sp³-hybridized carbons (Fsp3) is 0.857. The van der Waals surface area contributed by atoms with Gasteiger partial charge in [-0.15, -0.1) is 0 Å².